The van der Waals surface area contributed by atoms with Gasteiger partial charge in [-0.3, -0.25) is 4.79 Å². The second-order valence-electron chi connectivity index (χ2n) is 2.35. The van der Waals surface area contributed by atoms with Crippen molar-refractivity contribution in [3.8, 4) is 0 Å². The van der Waals surface area contributed by atoms with Crippen molar-refractivity contribution < 1.29 is 23.5 Å². The molecule has 0 atom stereocenters. The van der Waals surface area contributed by atoms with Crippen molar-refractivity contribution in [2.45, 2.75) is 0 Å². The van der Waals surface area contributed by atoms with Crippen molar-refractivity contribution in [2.75, 3.05) is 0 Å². The molecule has 0 amide bonds. The number of hydrogen-bond acceptors (Lipinski definition) is 2. The number of hydrogen-bond donors (Lipinski definition) is 1. The number of halogens is 3. The number of carbonyl (C=O) groups is 2. The third-order valence-corrected chi connectivity index (χ3v) is 1.76. The Morgan fingerprint density at radius 3 is 2.36 bits per heavy atom. The lowest BCUT2D eigenvalue weighted by Crippen LogP contribution is -2.16. The van der Waals surface area contributed by atoms with Crippen molar-refractivity contribution >= 4 is 23.4 Å². The predicted molar refractivity (Wildman–Crippen MR) is 43.3 cm³/mol. The van der Waals surface area contributed by atoms with E-state index in [1.165, 1.54) is 0 Å². The van der Waals surface area contributed by atoms with Gasteiger partial charge in [-0.15, -0.1) is 0 Å². The molecule has 1 aromatic rings. The molecule has 0 aliphatic rings. The highest BCUT2D eigenvalue weighted by atomic mass is 35.5. The van der Waals surface area contributed by atoms with Crippen LogP contribution in [0.4, 0.5) is 8.78 Å². The summed E-state index contributed by atoms with van der Waals surface area (Å²) in [4.78, 5) is 21.0. The van der Waals surface area contributed by atoms with Crippen molar-refractivity contribution in [1.29, 1.82) is 0 Å². The first-order valence-electron chi connectivity index (χ1n) is 3.36. The number of carbonyl (C=O) groups excluding carboxylic acids is 1. The number of aliphatic carboxylic acids is 1. The fourth-order valence-corrected chi connectivity index (χ4v) is 1.000. The molecule has 0 bridgehead atoms. The molecular weight excluding hydrogens is 218 g/mol. The number of benzene rings is 1. The highest BCUT2D eigenvalue weighted by Crippen LogP contribution is 2.21. The van der Waals surface area contributed by atoms with Crippen LogP contribution in [0.3, 0.4) is 0 Å². The smallest absolute Gasteiger partial charge is 0.377 e. The largest absolute Gasteiger partial charge is 0.475 e. The lowest BCUT2D eigenvalue weighted by Gasteiger charge is -2.01. The Labute approximate surface area is 81.9 Å². The Kier molecular flexibility index (Phi) is 2.81. The maximum absolute atomic E-state index is 13.0. The number of carboxylic acid groups (broad SMARTS) is 1. The maximum atomic E-state index is 13.0. The van der Waals surface area contributed by atoms with E-state index in [-0.39, 0.29) is 0 Å². The molecule has 0 aliphatic carbocycles. The van der Waals surface area contributed by atoms with Crippen molar-refractivity contribution in [3.05, 3.63) is 34.4 Å². The zero-order chi connectivity index (χ0) is 10.9. The summed E-state index contributed by atoms with van der Waals surface area (Å²) in [7, 11) is 0. The van der Waals surface area contributed by atoms with Crippen molar-refractivity contribution in [3.63, 3.8) is 0 Å². The summed E-state index contributed by atoms with van der Waals surface area (Å²) in [6.07, 6.45) is 0. The van der Waals surface area contributed by atoms with E-state index in [9.17, 15) is 18.4 Å². The molecule has 0 spiro atoms. The van der Waals surface area contributed by atoms with Crippen LogP contribution in [-0.4, -0.2) is 16.9 Å². The van der Waals surface area contributed by atoms with E-state index in [1.54, 1.807) is 0 Å². The van der Waals surface area contributed by atoms with Gasteiger partial charge in [0.25, 0.3) is 5.78 Å². The maximum Gasteiger partial charge on any atom is 0.377 e. The van der Waals surface area contributed by atoms with Crippen LogP contribution in [0.1, 0.15) is 10.4 Å². The first-order chi connectivity index (χ1) is 6.45. The fraction of sp³-hybridized carbons (Fsp3) is 0. The summed E-state index contributed by atoms with van der Waals surface area (Å²) in [6.45, 7) is 0. The summed E-state index contributed by atoms with van der Waals surface area (Å²) in [6, 6.07) is 1.62. The average molecular weight is 221 g/mol. The van der Waals surface area contributed by atoms with E-state index < -0.39 is 34.0 Å². The second kappa shape index (κ2) is 3.71. The van der Waals surface area contributed by atoms with E-state index in [0.29, 0.717) is 0 Å². The lowest BCUT2D eigenvalue weighted by molar-refractivity contribution is -0.131. The zero-order valence-corrected chi connectivity index (χ0v) is 7.31. The standard InChI is InChI=1S/C8H3ClF2O3/c9-3-1-2-4(10)5(6(3)11)7(12)8(13)14/h1-2H,(H,13,14). The topological polar surface area (TPSA) is 54.4 Å². The van der Waals surface area contributed by atoms with Gasteiger partial charge < -0.3 is 5.11 Å². The van der Waals surface area contributed by atoms with Gasteiger partial charge in [0.2, 0.25) is 0 Å². The van der Waals surface area contributed by atoms with Crippen LogP contribution < -0.4 is 0 Å². The third-order valence-electron chi connectivity index (χ3n) is 1.47. The Bertz CT molecular complexity index is 417. The first kappa shape index (κ1) is 10.6. The van der Waals surface area contributed by atoms with Crippen LogP contribution in [0.25, 0.3) is 0 Å². The van der Waals surface area contributed by atoms with Gasteiger partial charge in [-0.2, -0.15) is 0 Å². The normalized spacial score (nSPS) is 9.93. The fourth-order valence-electron chi connectivity index (χ4n) is 0.842. The Balaban J connectivity index is 3.40. The molecule has 1 aromatic carbocycles. The van der Waals surface area contributed by atoms with Crippen molar-refractivity contribution in [1.82, 2.24) is 0 Å². The molecule has 74 valence electrons. The van der Waals surface area contributed by atoms with Gasteiger partial charge in [-0.1, -0.05) is 11.6 Å². The van der Waals surface area contributed by atoms with E-state index in [1.807, 2.05) is 0 Å². The Hall–Kier alpha value is -1.49. The predicted octanol–water partition coefficient (Wildman–Crippen LogP) is 1.89. The summed E-state index contributed by atoms with van der Waals surface area (Å²) in [5.41, 5.74) is -1.15. The number of ketones is 1. The number of rotatable bonds is 2. The molecule has 0 unspecified atom stereocenters. The summed E-state index contributed by atoms with van der Waals surface area (Å²) in [5, 5.41) is 7.75. The molecule has 0 aliphatic heterocycles. The lowest BCUT2D eigenvalue weighted by atomic mass is 10.1. The van der Waals surface area contributed by atoms with Crippen LogP contribution >= 0.6 is 11.6 Å². The SMILES string of the molecule is O=C(O)C(=O)c1c(F)ccc(Cl)c1F. The first-order valence-corrected chi connectivity index (χ1v) is 3.74. The molecule has 6 heteroatoms. The number of carboxylic acids is 1. The molecule has 14 heavy (non-hydrogen) atoms. The highest BCUT2D eigenvalue weighted by molar-refractivity contribution is 6.40. The molecule has 3 nitrogen and oxygen atoms in total. The van der Waals surface area contributed by atoms with Gasteiger partial charge in [0, 0.05) is 0 Å². The molecule has 1 rings (SSSR count). The molecular formula is C8H3ClF2O3. The summed E-state index contributed by atoms with van der Waals surface area (Å²) in [5.74, 6) is -6.22. The van der Waals surface area contributed by atoms with E-state index in [2.05, 4.69) is 0 Å². The van der Waals surface area contributed by atoms with Crippen LogP contribution in [0.2, 0.25) is 5.02 Å². The van der Waals surface area contributed by atoms with Gasteiger partial charge in [0.15, 0.2) is 5.82 Å². The van der Waals surface area contributed by atoms with Crippen LogP contribution in [0.15, 0.2) is 12.1 Å². The molecule has 0 aromatic heterocycles. The summed E-state index contributed by atoms with van der Waals surface area (Å²) < 4.78 is 25.9. The minimum absolute atomic E-state index is 0.504. The van der Waals surface area contributed by atoms with Crippen LogP contribution in [-0.2, 0) is 4.79 Å². The van der Waals surface area contributed by atoms with Crippen LogP contribution in [0, 0.1) is 11.6 Å². The van der Waals surface area contributed by atoms with E-state index in [4.69, 9.17) is 16.7 Å². The minimum atomic E-state index is -1.94. The third kappa shape index (κ3) is 1.72. The van der Waals surface area contributed by atoms with Gasteiger partial charge in [0.05, 0.1) is 5.02 Å². The molecule has 0 saturated heterocycles. The van der Waals surface area contributed by atoms with Gasteiger partial charge in [0.1, 0.15) is 11.4 Å². The van der Waals surface area contributed by atoms with Gasteiger partial charge >= 0.3 is 5.97 Å². The Morgan fingerprint density at radius 1 is 1.29 bits per heavy atom. The molecule has 1 N–H and O–H groups in total. The second-order valence-corrected chi connectivity index (χ2v) is 2.76. The molecule has 0 heterocycles. The minimum Gasteiger partial charge on any atom is -0.475 e. The zero-order valence-electron chi connectivity index (χ0n) is 6.55. The van der Waals surface area contributed by atoms with Crippen molar-refractivity contribution in [2.24, 2.45) is 0 Å². The monoisotopic (exact) mass is 220 g/mol. The average Bonchev–Trinajstić information content (AvgIpc) is 2.12. The van der Waals surface area contributed by atoms with Crippen LogP contribution in [0.5, 0.6) is 0 Å². The summed E-state index contributed by atoms with van der Waals surface area (Å²) >= 11 is 5.25. The van der Waals surface area contributed by atoms with E-state index >= 15 is 0 Å². The van der Waals surface area contributed by atoms with Gasteiger partial charge in [-0.25, -0.2) is 13.6 Å². The highest BCUT2D eigenvalue weighted by Gasteiger charge is 2.24. The molecule has 0 radical (unpaired) electrons. The van der Waals surface area contributed by atoms with Gasteiger partial charge in [-0.05, 0) is 12.1 Å². The quantitative estimate of drug-likeness (QED) is 0.470. The number of Topliss-reactive ketones (excluding diaryl/α,β-unsaturated/α-hetero) is 1. The van der Waals surface area contributed by atoms with E-state index in [0.717, 1.165) is 12.1 Å². The molecule has 0 saturated carbocycles. The molecule has 0 fully saturated rings. The Morgan fingerprint density at radius 2 is 1.86 bits per heavy atom.